The molecule has 4 atom stereocenters. The lowest BCUT2D eigenvalue weighted by Crippen LogP contribution is -2.61. The van der Waals surface area contributed by atoms with Gasteiger partial charge < -0.3 is 29.3 Å². The van der Waals surface area contributed by atoms with E-state index in [1.807, 2.05) is 11.8 Å². The molecular formula is C41H49F2N5O6S. The molecule has 0 spiro atoms. The highest BCUT2D eigenvalue weighted by molar-refractivity contribution is 7.85. The number of aliphatic hydroxyl groups is 1. The molecule has 11 nitrogen and oxygen atoms in total. The Hall–Kier alpha value is -3.56. The Balaban J connectivity index is 1.09. The third-order valence-corrected chi connectivity index (χ3v) is 14.7. The maximum absolute atomic E-state index is 17.2. The third kappa shape index (κ3) is 6.27. The quantitative estimate of drug-likeness (QED) is 0.218. The second-order valence-electron chi connectivity index (χ2n) is 17.1. The molecule has 0 radical (unpaired) electrons. The molecule has 2 aliphatic carbocycles. The number of benzene rings is 2. The van der Waals surface area contributed by atoms with Crippen LogP contribution >= 0.6 is 0 Å². The average molecular weight is 778 g/mol. The van der Waals surface area contributed by atoms with E-state index >= 15 is 8.78 Å². The summed E-state index contributed by atoms with van der Waals surface area (Å²) in [6.45, 7) is 7.26. The fraction of sp³-hybridized carbons (Fsp3) is 0.585. The minimum absolute atomic E-state index is 0.0217. The minimum Gasteiger partial charge on any atom is -0.508 e. The van der Waals surface area contributed by atoms with E-state index in [1.165, 1.54) is 24.4 Å². The summed E-state index contributed by atoms with van der Waals surface area (Å²) >= 11 is 0. The Morgan fingerprint density at radius 3 is 2.71 bits per heavy atom. The highest BCUT2D eigenvalue weighted by Crippen LogP contribution is 2.57. The smallest absolute Gasteiger partial charge is 0.319 e. The van der Waals surface area contributed by atoms with Crippen molar-refractivity contribution >= 4 is 38.3 Å². The number of hydrogen-bond acceptors (Lipinski definition) is 11. The molecule has 2 bridgehead atoms. The van der Waals surface area contributed by atoms with Gasteiger partial charge in [0.25, 0.3) is 0 Å². The number of rotatable bonds is 9. The van der Waals surface area contributed by atoms with Gasteiger partial charge in [0.1, 0.15) is 34.2 Å². The molecule has 0 amide bonds. The Morgan fingerprint density at radius 1 is 1.11 bits per heavy atom. The highest BCUT2D eigenvalue weighted by atomic mass is 32.2. The number of aromatic nitrogens is 3. The van der Waals surface area contributed by atoms with Crippen LogP contribution in [0, 0.1) is 17.0 Å². The molecule has 6 aliphatic rings. The topological polar surface area (TPSA) is 130 Å². The number of ether oxygens (including phenoxy) is 3. The van der Waals surface area contributed by atoms with Gasteiger partial charge in [0.05, 0.1) is 48.7 Å². The molecule has 4 aliphatic heterocycles. The van der Waals surface area contributed by atoms with Crippen molar-refractivity contribution in [3.63, 3.8) is 0 Å². The Kier molecular flexibility index (Phi) is 9.12. The number of pyridine rings is 1. The maximum atomic E-state index is 17.2. The van der Waals surface area contributed by atoms with Crippen molar-refractivity contribution in [1.29, 1.82) is 0 Å². The molecule has 2 aromatic carbocycles. The van der Waals surface area contributed by atoms with Crippen LogP contribution in [0.25, 0.3) is 32.9 Å². The molecule has 2 N–H and O–H groups in total. The van der Waals surface area contributed by atoms with E-state index in [2.05, 4.69) is 9.88 Å². The Labute approximate surface area is 321 Å². The number of aryl methyl sites for hydroxylation is 1. The van der Waals surface area contributed by atoms with E-state index in [0.717, 1.165) is 58.0 Å². The number of anilines is 1. The molecular weight excluding hydrogens is 729 g/mol. The van der Waals surface area contributed by atoms with Gasteiger partial charge >= 0.3 is 6.01 Å². The second-order valence-corrected chi connectivity index (χ2v) is 18.8. The van der Waals surface area contributed by atoms with Gasteiger partial charge in [-0.1, -0.05) is 19.4 Å². The number of nitrogens with zero attached hydrogens (tertiary/aromatic N) is 5. The molecule has 6 fully saturated rings. The predicted octanol–water partition coefficient (Wildman–Crippen LogP) is 5.67. The van der Waals surface area contributed by atoms with Crippen LogP contribution in [0.5, 0.6) is 11.8 Å². The lowest BCUT2D eigenvalue weighted by Gasteiger charge is -2.51. The normalized spacial score (nSPS) is 31.4. The monoisotopic (exact) mass is 777 g/mol. The van der Waals surface area contributed by atoms with E-state index in [-0.39, 0.29) is 63.5 Å². The number of hydrogen-bond donors (Lipinski definition) is 2. The predicted molar refractivity (Wildman–Crippen MR) is 206 cm³/mol. The molecule has 2 aromatic heterocycles. The van der Waals surface area contributed by atoms with Crippen LogP contribution in [0.2, 0.25) is 0 Å². The van der Waals surface area contributed by atoms with Gasteiger partial charge in [0.2, 0.25) is 0 Å². The molecule has 10 rings (SSSR count). The zero-order chi connectivity index (χ0) is 38.3. The van der Waals surface area contributed by atoms with Gasteiger partial charge in [-0.2, -0.15) is 9.97 Å². The van der Waals surface area contributed by atoms with Crippen molar-refractivity contribution in [3.05, 3.63) is 47.7 Å². The molecule has 3 unspecified atom stereocenters. The highest BCUT2D eigenvalue weighted by Gasteiger charge is 2.65. The minimum atomic E-state index is -1.20. The van der Waals surface area contributed by atoms with E-state index < -0.39 is 28.0 Å². The largest absolute Gasteiger partial charge is 0.508 e. The van der Waals surface area contributed by atoms with Gasteiger partial charge in [0.15, 0.2) is 5.82 Å². The molecule has 4 aromatic rings. The standard InChI is InChI=1S/C41H49F2N5O6S/c1-4-27-30(42)9-8-25-15-26(49)16-28(32(25)27)34-33(43)35-29(17-44-34)36(48-13-14-52-22-38(2,50)20-48)46-37(45-35)53-23-39-10-5-7-31(39)47(12-6-11-39)21-40-18-41(19-40,24-54-40)55(3)51/h8-9,15-17,31,49-50H,4-7,10-14,18-24H2,1-3H3/t31?,38-,39?,40?,41?,55?/m0/s1. The lowest BCUT2D eigenvalue weighted by atomic mass is 9.71. The zero-order valence-corrected chi connectivity index (χ0v) is 32.5. The van der Waals surface area contributed by atoms with Crippen molar-refractivity contribution in [1.82, 2.24) is 19.9 Å². The van der Waals surface area contributed by atoms with Crippen LogP contribution in [0.4, 0.5) is 14.6 Å². The van der Waals surface area contributed by atoms with Crippen LogP contribution in [-0.2, 0) is 26.7 Å². The number of aromatic hydroxyl groups is 1. The second kappa shape index (κ2) is 13.5. The summed E-state index contributed by atoms with van der Waals surface area (Å²) in [7, 11) is -0.913. The van der Waals surface area contributed by atoms with Crippen molar-refractivity contribution < 1.29 is 37.4 Å². The first-order valence-corrected chi connectivity index (χ1v) is 21.1. The number of halogens is 2. The summed E-state index contributed by atoms with van der Waals surface area (Å²) in [6, 6.07) is 6.17. The number of fused-ring (bicyclic) bond motifs is 4. The fourth-order valence-corrected chi connectivity index (χ4v) is 11.7. The van der Waals surface area contributed by atoms with Crippen LogP contribution in [0.3, 0.4) is 0 Å². The first kappa shape index (κ1) is 37.0. The van der Waals surface area contributed by atoms with E-state index in [0.29, 0.717) is 60.3 Å². The fourth-order valence-electron chi connectivity index (χ4n) is 10.6. The number of phenolic OH excluding ortho intramolecular Hbond substituents is 1. The van der Waals surface area contributed by atoms with Gasteiger partial charge in [0, 0.05) is 53.4 Å². The molecule has 2 saturated carbocycles. The lowest BCUT2D eigenvalue weighted by molar-refractivity contribution is -0.0709. The van der Waals surface area contributed by atoms with Crippen LogP contribution in [0.1, 0.15) is 64.4 Å². The summed E-state index contributed by atoms with van der Waals surface area (Å²) in [4.78, 5) is 18.6. The van der Waals surface area contributed by atoms with Gasteiger partial charge in [-0.05, 0) is 92.9 Å². The maximum Gasteiger partial charge on any atom is 0.319 e. The number of β-amino-alcohol motifs (C(OH)–C–C–N with tert-alkyl or cyclic N) is 1. The van der Waals surface area contributed by atoms with Crippen LogP contribution < -0.4 is 9.64 Å². The summed E-state index contributed by atoms with van der Waals surface area (Å²) in [6.07, 6.45) is 10.4. The van der Waals surface area contributed by atoms with Crippen LogP contribution in [0.15, 0.2) is 30.5 Å². The summed E-state index contributed by atoms with van der Waals surface area (Å²) in [5.41, 5.74) is -1.02. The zero-order valence-electron chi connectivity index (χ0n) is 31.7. The van der Waals surface area contributed by atoms with Gasteiger partial charge in [-0.3, -0.25) is 14.1 Å². The van der Waals surface area contributed by atoms with E-state index in [9.17, 15) is 14.4 Å². The Bertz CT molecular complexity index is 2200. The summed E-state index contributed by atoms with van der Waals surface area (Å²) in [5, 5.41) is 23.2. The van der Waals surface area contributed by atoms with Gasteiger partial charge in [-0.15, -0.1) is 0 Å². The third-order valence-electron chi connectivity index (χ3n) is 13.1. The number of piperidine rings is 1. The van der Waals surface area contributed by atoms with Crippen molar-refractivity contribution in [2.24, 2.45) is 5.41 Å². The molecule has 55 heavy (non-hydrogen) atoms. The van der Waals surface area contributed by atoms with E-state index in [1.54, 1.807) is 19.2 Å². The molecule has 294 valence electrons. The van der Waals surface area contributed by atoms with Crippen molar-refractivity contribution in [2.45, 2.75) is 87.2 Å². The first-order valence-electron chi connectivity index (χ1n) is 19.5. The summed E-state index contributed by atoms with van der Waals surface area (Å²) < 4.78 is 63.2. The molecule has 6 heterocycles. The number of likely N-dealkylation sites (tertiary alicyclic amines) is 1. The average Bonchev–Trinajstić information content (AvgIpc) is 3.82. The van der Waals surface area contributed by atoms with Crippen molar-refractivity contribution in [3.8, 4) is 23.0 Å². The summed E-state index contributed by atoms with van der Waals surface area (Å²) in [5.74, 6) is -0.893. The Morgan fingerprint density at radius 2 is 1.93 bits per heavy atom. The first-order chi connectivity index (χ1) is 26.3. The van der Waals surface area contributed by atoms with Crippen molar-refractivity contribution in [2.75, 3.05) is 63.8 Å². The molecule has 4 saturated heterocycles. The SMILES string of the molecule is CCc1c(F)ccc2cc(O)cc(-c3ncc4c(N5CCOC[C@@](C)(O)C5)nc(OCC56CCCC5N(CC57CC(S(C)=O)(CO5)C7)CCC6)nc4c3F)c12. The van der Waals surface area contributed by atoms with Gasteiger partial charge in [-0.25, -0.2) is 8.78 Å². The van der Waals surface area contributed by atoms with Crippen LogP contribution in [-0.4, -0.2) is 115 Å². The number of phenols is 1. The van der Waals surface area contributed by atoms with E-state index in [4.69, 9.17) is 24.2 Å². The molecule has 14 heteroatoms.